The molecule has 1 aliphatic heterocycles. The molecule has 0 atom stereocenters. The Morgan fingerprint density at radius 2 is 1.61 bits per heavy atom. The van der Waals surface area contributed by atoms with Gasteiger partial charge in [0, 0.05) is 38.9 Å². The highest BCUT2D eigenvalue weighted by Crippen LogP contribution is 2.46. The van der Waals surface area contributed by atoms with Crippen LogP contribution in [-0.2, 0) is 0 Å². The first-order valence-electron chi connectivity index (χ1n) is 10.8. The zero-order valence-corrected chi connectivity index (χ0v) is 18.5. The molecule has 6 rings (SSSR count). The van der Waals surface area contributed by atoms with Gasteiger partial charge in [0.05, 0.1) is 11.4 Å². The van der Waals surface area contributed by atoms with Crippen molar-refractivity contribution in [2.45, 2.75) is 34.6 Å². The number of aromatic nitrogens is 1. The van der Waals surface area contributed by atoms with Crippen LogP contribution in [0.1, 0.15) is 37.5 Å². The highest BCUT2D eigenvalue weighted by molar-refractivity contribution is 6.30. The number of pyridine rings is 1. The zero-order chi connectivity index (χ0) is 21.5. The summed E-state index contributed by atoms with van der Waals surface area (Å²) in [5, 5.41) is 4.62. The van der Waals surface area contributed by atoms with Crippen molar-refractivity contribution >= 4 is 44.1 Å². The quantitative estimate of drug-likeness (QED) is 0.285. The summed E-state index contributed by atoms with van der Waals surface area (Å²) in [5.41, 5.74) is 9.36. The summed E-state index contributed by atoms with van der Waals surface area (Å²) in [6, 6.07) is 17.2. The molecule has 0 unspecified atom stereocenters. The molecule has 0 radical (unpaired) electrons. The van der Waals surface area contributed by atoms with E-state index in [9.17, 15) is 0 Å². The molecule has 0 fully saturated rings. The molecular weight excluding hydrogens is 380 g/mol. The van der Waals surface area contributed by atoms with Crippen molar-refractivity contribution in [3.8, 4) is 11.3 Å². The van der Waals surface area contributed by atoms with E-state index in [0.29, 0.717) is 0 Å². The van der Waals surface area contributed by atoms with Crippen molar-refractivity contribution < 1.29 is 4.42 Å². The first-order chi connectivity index (χ1) is 14.8. The molecule has 0 saturated carbocycles. The van der Waals surface area contributed by atoms with Gasteiger partial charge in [-0.1, -0.05) is 50.1 Å². The summed E-state index contributed by atoms with van der Waals surface area (Å²) < 4.78 is 6.66. The standard InChI is InChI=1S/C28H24N2O/c1-15-11-16(2)13-18(12-15)24-26-19(9-10-29-24)20-14-17-7-6-8-21-22(17)23(25(20)31-26)27(30-21)28(3,4)5/h6-14H,1-5H3. The minimum absolute atomic E-state index is 0.0893. The number of hydrogen-bond acceptors (Lipinski definition) is 3. The van der Waals surface area contributed by atoms with Gasteiger partial charge in [0.15, 0.2) is 5.58 Å². The first kappa shape index (κ1) is 18.3. The lowest BCUT2D eigenvalue weighted by Crippen LogP contribution is -2.20. The predicted molar refractivity (Wildman–Crippen MR) is 130 cm³/mol. The zero-order valence-electron chi connectivity index (χ0n) is 18.5. The maximum atomic E-state index is 6.66. The fourth-order valence-corrected chi connectivity index (χ4v) is 4.95. The minimum Gasteiger partial charge on any atom is -0.453 e. The topological polar surface area (TPSA) is 38.4 Å². The third kappa shape index (κ3) is 2.59. The average Bonchev–Trinajstić information content (AvgIpc) is 3.27. The Bertz CT molecular complexity index is 1560. The van der Waals surface area contributed by atoms with Crippen molar-refractivity contribution in [2.75, 3.05) is 0 Å². The number of fused-ring (bicyclic) bond motifs is 4. The smallest absolute Gasteiger partial charge is 0.161 e. The van der Waals surface area contributed by atoms with Crippen LogP contribution in [0.2, 0.25) is 0 Å². The molecule has 1 aliphatic rings. The van der Waals surface area contributed by atoms with E-state index in [-0.39, 0.29) is 5.41 Å². The Morgan fingerprint density at radius 3 is 2.35 bits per heavy atom. The lowest BCUT2D eigenvalue weighted by molar-refractivity contribution is 0.592. The summed E-state index contributed by atoms with van der Waals surface area (Å²) >= 11 is 0. The van der Waals surface area contributed by atoms with E-state index in [4.69, 9.17) is 14.4 Å². The van der Waals surface area contributed by atoms with E-state index in [1.807, 2.05) is 6.20 Å². The Hall–Kier alpha value is -3.46. The fraction of sp³-hybridized carbons (Fsp3) is 0.214. The van der Waals surface area contributed by atoms with Crippen LogP contribution < -0.4 is 0 Å². The molecule has 0 amide bonds. The van der Waals surface area contributed by atoms with Crippen LogP contribution in [0.3, 0.4) is 0 Å². The molecule has 0 aliphatic carbocycles. The predicted octanol–water partition coefficient (Wildman–Crippen LogP) is 7.90. The summed E-state index contributed by atoms with van der Waals surface area (Å²) in [5.74, 6) is 0. The highest BCUT2D eigenvalue weighted by Gasteiger charge is 2.32. The lowest BCUT2D eigenvalue weighted by Gasteiger charge is -2.19. The van der Waals surface area contributed by atoms with E-state index in [1.165, 1.54) is 21.9 Å². The molecule has 3 heterocycles. The number of hydrogen-bond donors (Lipinski definition) is 0. The maximum Gasteiger partial charge on any atom is 0.161 e. The normalized spacial score (nSPS) is 13.5. The summed E-state index contributed by atoms with van der Waals surface area (Å²) in [7, 11) is 0. The Balaban J connectivity index is 1.76. The van der Waals surface area contributed by atoms with Gasteiger partial charge >= 0.3 is 0 Å². The second-order valence-corrected chi connectivity index (χ2v) is 9.73. The number of furan rings is 1. The fourth-order valence-electron chi connectivity index (χ4n) is 4.95. The van der Waals surface area contributed by atoms with Gasteiger partial charge in [-0.2, -0.15) is 0 Å². The van der Waals surface area contributed by atoms with E-state index < -0.39 is 0 Å². The number of nitrogens with zero attached hydrogens (tertiary/aromatic N) is 2. The Kier molecular flexibility index (Phi) is 3.57. The number of benzene rings is 3. The monoisotopic (exact) mass is 404 g/mol. The number of aliphatic imine (C=N–C) groups is 1. The molecule has 5 aromatic rings. The Labute approximate surface area is 181 Å². The molecule has 152 valence electrons. The third-order valence-electron chi connectivity index (χ3n) is 6.17. The van der Waals surface area contributed by atoms with Gasteiger partial charge in [-0.3, -0.25) is 9.98 Å². The molecule has 2 aromatic heterocycles. The van der Waals surface area contributed by atoms with Gasteiger partial charge < -0.3 is 4.42 Å². The molecule has 0 bridgehead atoms. The second-order valence-electron chi connectivity index (χ2n) is 9.73. The van der Waals surface area contributed by atoms with Crippen molar-refractivity contribution in [1.29, 1.82) is 0 Å². The average molecular weight is 405 g/mol. The van der Waals surface area contributed by atoms with Crippen LogP contribution in [0.15, 0.2) is 64.1 Å². The minimum atomic E-state index is -0.0893. The highest BCUT2D eigenvalue weighted by atomic mass is 16.3. The van der Waals surface area contributed by atoms with Gasteiger partial charge in [0.25, 0.3) is 0 Å². The van der Waals surface area contributed by atoms with Crippen LogP contribution in [0.5, 0.6) is 0 Å². The van der Waals surface area contributed by atoms with E-state index in [2.05, 4.69) is 83.1 Å². The Morgan fingerprint density at radius 1 is 0.839 bits per heavy atom. The second kappa shape index (κ2) is 6.04. The van der Waals surface area contributed by atoms with Gasteiger partial charge in [-0.25, -0.2) is 0 Å². The molecule has 0 spiro atoms. The summed E-state index contributed by atoms with van der Waals surface area (Å²) in [4.78, 5) is 9.77. The van der Waals surface area contributed by atoms with Gasteiger partial charge in [-0.05, 0) is 49.6 Å². The van der Waals surface area contributed by atoms with Crippen molar-refractivity contribution in [3.05, 3.63) is 71.4 Å². The van der Waals surface area contributed by atoms with Crippen LogP contribution in [0.25, 0.3) is 44.0 Å². The SMILES string of the molecule is Cc1cc(C)cc(-c2nccc3c2oc2c4c5c(cccc5cc23)N=C4C(C)(C)C)c1. The molecule has 3 nitrogen and oxygen atoms in total. The number of aryl methyl sites for hydroxylation is 2. The molecule has 3 aromatic carbocycles. The van der Waals surface area contributed by atoms with Crippen LogP contribution in [0.4, 0.5) is 5.69 Å². The maximum absolute atomic E-state index is 6.66. The molecule has 31 heavy (non-hydrogen) atoms. The summed E-state index contributed by atoms with van der Waals surface area (Å²) in [6.45, 7) is 10.9. The lowest BCUT2D eigenvalue weighted by atomic mass is 9.84. The van der Waals surface area contributed by atoms with Crippen molar-refractivity contribution in [3.63, 3.8) is 0 Å². The first-order valence-corrected chi connectivity index (χ1v) is 10.8. The van der Waals surface area contributed by atoms with Crippen LogP contribution in [-0.4, -0.2) is 10.7 Å². The van der Waals surface area contributed by atoms with E-state index in [1.54, 1.807) is 0 Å². The molecule has 0 N–H and O–H groups in total. The van der Waals surface area contributed by atoms with Gasteiger partial charge in [0.1, 0.15) is 11.3 Å². The largest absolute Gasteiger partial charge is 0.453 e. The van der Waals surface area contributed by atoms with Crippen molar-refractivity contribution in [1.82, 2.24) is 4.98 Å². The van der Waals surface area contributed by atoms with E-state index >= 15 is 0 Å². The van der Waals surface area contributed by atoms with Gasteiger partial charge in [-0.15, -0.1) is 0 Å². The third-order valence-corrected chi connectivity index (χ3v) is 6.17. The van der Waals surface area contributed by atoms with Crippen LogP contribution >= 0.6 is 0 Å². The van der Waals surface area contributed by atoms with Gasteiger partial charge in [0.2, 0.25) is 0 Å². The molecule has 3 heteroatoms. The molecule has 0 saturated heterocycles. The van der Waals surface area contributed by atoms with Crippen molar-refractivity contribution in [2.24, 2.45) is 10.4 Å². The molecular formula is C28H24N2O. The number of rotatable bonds is 1. The summed E-state index contributed by atoms with van der Waals surface area (Å²) in [6.07, 6.45) is 1.89. The van der Waals surface area contributed by atoms with Crippen LogP contribution in [0, 0.1) is 19.3 Å². The van der Waals surface area contributed by atoms with E-state index in [0.717, 1.165) is 50.2 Å².